The van der Waals surface area contributed by atoms with Crippen molar-refractivity contribution in [2.24, 2.45) is 5.41 Å². The molecule has 2 nitrogen and oxygen atoms in total. The quantitative estimate of drug-likeness (QED) is 0.578. The van der Waals surface area contributed by atoms with Gasteiger partial charge in [-0.2, -0.15) is 0 Å². The largest absolute Gasteiger partial charge is 0.329 e. The van der Waals surface area contributed by atoms with Crippen molar-refractivity contribution in [2.75, 3.05) is 11.6 Å². The molecule has 1 rings (SSSR count). The number of hydrogen-bond acceptors (Lipinski definition) is 2. The van der Waals surface area contributed by atoms with Crippen LogP contribution >= 0.6 is 11.8 Å². The van der Waals surface area contributed by atoms with Crippen LogP contribution in [0.25, 0.3) is 0 Å². The van der Waals surface area contributed by atoms with Gasteiger partial charge in [-0.05, 0) is 6.92 Å². The molecule has 0 saturated carbocycles. The lowest BCUT2D eigenvalue weighted by molar-refractivity contribution is -0.139. The van der Waals surface area contributed by atoms with Crippen LogP contribution in [0.15, 0.2) is 0 Å². The summed E-state index contributed by atoms with van der Waals surface area (Å²) in [6, 6.07) is 0.418. The first-order chi connectivity index (χ1) is 5.43. The average Bonchev–Trinajstić information content (AvgIpc) is 2.31. The minimum atomic E-state index is -0.223. The molecule has 1 atom stereocenters. The summed E-state index contributed by atoms with van der Waals surface area (Å²) in [4.78, 5) is 13.8. The molecule has 12 heavy (non-hydrogen) atoms. The molecule has 0 N–H and O–H groups in total. The van der Waals surface area contributed by atoms with Crippen LogP contribution in [-0.4, -0.2) is 28.5 Å². The normalized spacial score (nSPS) is 24.7. The molecule has 0 bridgehead atoms. The third-order valence-electron chi connectivity index (χ3n) is 2.02. The van der Waals surface area contributed by atoms with Gasteiger partial charge in [-0.15, -0.1) is 11.8 Å². The van der Waals surface area contributed by atoms with Crippen LogP contribution in [-0.2, 0) is 4.79 Å². The summed E-state index contributed by atoms with van der Waals surface area (Å²) in [5.41, 5.74) is -0.223. The molecule has 1 saturated heterocycles. The maximum atomic E-state index is 11.8. The Hall–Kier alpha value is -0.180. The van der Waals surface area contributed by atoms with Crippen LogP contribution < -0.4 is 0 Å². The van der Waals surface area contributed by atoms with Crippen LogP contribution in [0, 0.1) is 5.41 Å². The van der Waals surface area contributed by atoms with E-state index in [4.69, 9.17) is 0 Å². The first-order valence-electron chi connectivity index (χ1n) is 4.32. The van der Waals surface area contributed by atoms with E-state index in [2.05, 4.69) is 6.92 Å². The molecular formula is C9H17NOS. The summed E-state index contributed by atoms with van der Waals surface area (Å²) < 4.78 is 0. The van der Waals surface area contributed by atoms with Crippen molar-refractivity contribution in [3.63, 3.8) is 0 Å². The summed E-state index contributed by atoms with van der Waals surface area (Å²) in [7, 11) is 0. The number of carbonyl (C=O) groups excluding carboxylic acids is 1. The van der Waals surface area contributed by atoms with Gasteiger partial charge in [-0.25, -0.2) is 0 Å². The predicted octanol–water partition coefficient (Wildman–Crippen LogP) is 1.95. The topological polar surface area (TPSA) is 20.3 Å². The molecule has 0 aliphatic carbocycles. The van der Waals surface area contributed by atoms with Gasteiger partial charge in [0, 0.05) is 17.2 Å². The molecule has 1 fully saturated rings. The molecule has 1 aliphatic heterocycles. The standard InChI is InChI=1S/C9H17NOS/c1-7-5-12-6-10(7)8(11)9(2,3)4/h7H,5-6H2,1-4H3. The van der Waals surface area contributed by atoms with E-state index >= 15 is 0 Å². The fourth-order valence-electron chi connectivity index (χ4n) is 1.23. The molecule has 0 aromatic carbocycles. The zero-order valence-electron chi connectivity index (χ0n) is 8.26. The highest BCUT2D eigenvalue weighted by Gasteiger charge is 2.32. The summed E-state index contributed by atoms with van der Waals surface area (Å²) in [5.74, 6) is 2.24. The summed E-state index contributed by atoms with van der Waals surface area (Å²) in [6.07, 6.45) is 0. The van der Waals surface area contributed by atoms with Gasteiger partial charge in [0.05, 0.1) is 5.88 Å². The van der Waals surface area contributed by atoms with E-state index in [1.165, 1.54) is 0 Å². The smallest absolute Gasteiger partial charge is 0.228 e. The van der Waals surface area contributed by atoms with Crippen LogP contribution in [0.3, 0.4) is 0 Å². The third kappa shape index (κ3) is 1.94. The summed E-state index contributed by atoms with van der Waals surface area (Å²) in [6.45, 7) is 8.05. The van der Waals surface area contributed by atoms with Gasteiger partial charge in [0.25, 0.3) is 0 Å². The Labute approximate surface area is 78.7 Å². The molecule has 70 valence electrons. The molecule has 0 radical (unpaired) electrons. The third-order valence-corrected chi connectivity index (χ3v) is 3.20. The van der Waals surface area contributed by atoms with Crippen LogP contribution in [0.2, 0.25) is 0 Å². The van der Waals surface area contributed by atoms with Gasteiger partial charge in [0.1, 0.15) is 0 Å². The van der Waals surface area contributed by atoms with Crippen molar-refractivity contribution in [1.82, 2.24) is 4.90 Å². The second-order valence-corrected chi connectivity index (χ2v) is 5.37. The average molecular weight is 187 g/mol. The molecule has 0 aromatic rings. The Bertz CT molecular complexity index is 185. The minimum absolute atomic E-state index is 0.223. The molecule has 1 unspecified atom stereocenters. The molecule has 1 amide bonds. The van der Waals surface area contributed by atoms with E-state index in [1.807, 2.05) is 37.4 Å². The van der Waals surface area contributed by atoms with Crippen molar-refractivity contribution >= 4 is 17.7 Å². The maximum absolute atomic E-state index is 11.8. The van der Waals surface area contributed by atoms with Crippen LogP contribution in [0.5, 0.6) is 0 Å². The highest BCUT2D eigenvalue weighted by atomic mass is 32.2. The fourth-order valence-corrected chi connectivity index (χ4v) is 2.42. The van der Waals surface area contributed by atoms with Crippen LogP contribution in [0.4, 0.5) is 0 Å². The van der Waals surface area contributed by atoms with Gasteiger partial charge in [0.15, 0.2) is 0 Å². The van der Waals surface area contributed by atoms with E-state index in [9.17, 15) is 4.79 Å². The van der Waals surface area contributed by atoms with E-state index in [-0.39, 0.29) is 11.3 Å². The van der Waals surface area contributed by atoms with Crippen molar-refractivity contribution < 1.29 is 4.79 Å². The lowest BCUT2D eigenvalue weighted by Gasteiger charge is -2.28. The van der Waals surface area contributed by atoms with Gasteiger partial charge < -0.3 is 4.90 Å². The van der Waals surface area contributed by atoms with Gasteiger partial charge in [-0.3, -0.25) is 4.79 Å². The van der Waals surface area contributed by atoms with Gasteiger partial charge in [0.2, 0.25) is 5.91 Å². The van der Waals surface area contributed by atoms with Crippen LogP contribution in [0.1, 0.15) is 27.7 Å². The maximum Gasteiger partial charge on any atom is 0.228 e. The molecular weight excluding hydrogens is 170 g/mol. The Balaban J connectivity index is 2.64. The van der Waals surface area contributed by atoms with Gasteiger partial charge in [-0.1, -0.05) is 20.8 Å². The Morgan fingerprint density at radius 1 is 1.50 bits per heavy atom. The second kappa shape index (κ2) is 3.29. The Morgan fingerprint density at radius 3 is 2.42 bits per heavy atom. The number of carbonyl (C=O) groups is 1. The predicted molar refractivity (Wildman–Crippen MR) is 53.1 cm³/mol. The number of rotatable bonds is 0. The second-order valence-electron chi connectivity index (χ2n) is 4.37. The summed E-state index contributed by atoms with van der Waals surface area (Å²) in [5, 5.41) is 0. The molecule has 1 aliphatic rings. The number of thioether (sulfide) groups is 1. The van der Waals surface area contributed by atoms with Crippen molar-refractivity contribution in [3.8, 4) is 0 Å². The molecule has 1 heterocycles. The first kappa shape index (κ1) is 9.90. The first-order valence-corrected chi connectivity index (χ1v) is 5.47. The van der Waals surface area contributed by atoms with Gasteiger partial charge >= 0.3 is 0 Å². The fraction of sp³-hybridized carbons (Fsp3) is 0.889. The molecule has 0 aromatic heterocycles. The van der Waals surface area contributed by atoms with E-state index in [0.29, 0.717) is 6.04 Å². The highest BCUT2D eigenvalue weighted by Crippen LogP contribution is 2.26. The highest BCUT2D eigenvalue weighted by molar-refractivity contribution is 7.99. The lowest BCUT2D eigenvalue weighted by atomic mass is 9.94. The Kier molecular flexibility index (Phi) is 2.71. The number of nitrogens with zero attached hydrogens (tertiary/aromatic N) is 1. The van der Waals surface area contributed by atoms with E-state index in [1.54, 1.807) is 0 Å². The van der Waals surface area contributed by atoms with E-state index in [0.717, 1.165) is 11.6 Å². The van der Waals surface area contributed by atoms with E-state index < -0.39 is 0 Å². The van der Waals surface area contributed by atoms with Crippen molar-refractivity contribution in [3.05, 3.63) is 0 Å². The molecule has 0 spiro atoms. The number of hydrogen-bond donors (Lipinski definition) is 0. The lowest BCUT2D eigenvalue weighted by Crippen LogP contribution is -2.41. The molecule has 3 heteroatoms. The zero-order chi connectivity index (χ0) is 9.35. The minimum Gasteiger partial charge on any atom is -0.329 e. The van der Waals surface area contributed by atoms with Crippen molar-refractivity contribution in [2.45, 2.75) is 33.7 Å². The SMILES string of the molecule is CC1CSCN1C(=O)C(C)(C)C. The zero-order valence-corrected chi connectivity index (χ0v) is 9.07. The monoisotopic (exact) mass is 187 g/mol. The van der Waals surface area contributed by atoms with Crippen molar-refractivity contribution in [1.29, 1.82) is 0 Å². The Morgan fingerprint density at radius 2 is 2.08 bits per heavy atom. The number of amides is 1. The summed E-state index contributed by atoms with van der Waals surface area (Å²) >= 11 is 1.84.